The minimum absolute atomic E-state index is 0.667. The quantitative estimate of drug-likeness (QED) is 0.580. The number of aliphatic imine (C=N–C) groups is 1. The lowest BCUT2D eigenvalue weighted by atomic mass is 10.1. The van der Waals surface area contributed by atoms with Crippen molar-refractivity contribution in [2.75, 3.05) is 0 Å². The van der Waals surface area contributed by atoms with Gasteiger partial charge in [-0.25, -0.2) is 4.99 Å². The Morgan fingerprint density at radius 2 is 1.88 bits per heavy atom. The normalized spacial score (nSPS) is 13.4. The predicted octanol–water partition coefficient (Wildman–Crippen LogP) is 5.60. The molecule has 24 heavy (non-hydrogen) atoms. The van der Waals surface area contributed by atoms with Gasteiger partial charge >= 0.3 is 0 Å². The number of halogens is 2. The summed E-state index contributed by atoms with van der Waals surface area (Å²) in [4.78, 5) is 5.83. The second-order valence-corrected chi connectivity index (χ2v) is 7.48. The van der Waals surface area contributed by atoms with Crippen LogP contribution in [0.25, 0.3) is 0 Å². The largest absolute Gasteiger partial charge is 0.260 e. The molecule has 0 saturated heterocycles. The summed E-state index contributed by atoms with van der Waals surface area (Å²) in [6, 6.07) is 17.7. The predicted molar refractivity (Wildman–Crippen MR) is 105 cm³/mol. The minimum atomic E-state index is 0.667. The third-order valence-corrected chi connectivity index (χ3v) is 5.23. The zero-order valence-electron chi connectivity index (χ0n) is 12.3. The summed E-state index contributed by atoms with van der Waals surface area (Å²) in [7, 11) is 0. The molecule has 1 aromatic heterocycles. The van der Waals surface area contributed by atoms with Gasteiger partial charge in [0.25, 0.3) is 0 Å². The molecule has 0 unspecified atom stereocenters. The monoisotopic (exact) mass is 415 g/mol. The van der Waals surface area contributed by atoms with E-state index in [0.29, 0.717) is 10.9 Å². The first kappa shape index (κ1) is 15.6. The van der Waals surface area contributed by atoms with Crippen molar-refractivity contribution in [3.63, 3.8) is 0 Å². The third-order valence-electron chi connectivity index (χ3n) is 3.59. The van der Waals surface area contributed by atoms with Crippen molar-refractivity contribution in [2.45, 2.75) is 0 Å². The maximum atomic E-state index is 6.20. The summed E-state index contributed by atoms with van der Waals surface area (Å²) >= 11 is 11.3. The number of nitrogens with zero attached hydrogens (tertiary/aromatic N) is 2. The Bertz CT molecular complexity index is 947. The highest BCUT2D eigenvalue weighted by atomic mass is 79.9. The van der Waals surface area contributed by atoms with Crippen molar-refractivity contribution in [3.05, 3.63) is 85.5 Å². The van der Waals surface area contributed by atoms with Gasteiger partial charge in [0.1, 0.15) is 5.71 Å². The molecule has 1 aliphatic heterocycles. The van der Waals surface area contributed by atoms with E-state index in [1.807, 2.05) is 60.0 Å². The number of rotatable bonds is 2. The van der Waals surface area contributed by atoms with E-state index in [0.717, 1.165) is 31.9 Å². The number of hydrogen-bond acceptors (Lipinski definition) is 4. The number of amidine groups is 1. The Hall–Kier alpha value is -1.95. The van der Waals surface area contributed by atoms with Crippen LogP contribution in [0.4, 0.5) is 5.69 Å². The molecule has 0 atom stereocenters. The fourth-order valence-electron chi connectivity index (χ4n) is 2.45. The maximum Gasteiger partial charge on any atom is 0.154 e. The van der Waals surface area contributed by atoms with E-state index in [4.69, 9.17) is 16.6 Å². The molecule has 0 amide bonds. The van der Waals surface area contributed by atoms with Gasteiger partial charge in [0.05, 0.1) is 10.6 Å². The highest BCUT2D eigenvalue weighted by Gasteiger charge is 2.18. The zero-order valence-corrected chi connectivity index (χ0v) is 15.5. The van der Waals surface area contributed by atoms with Gasteiger partial charge in [-0.1, -0.05) is 45.7 Å². The molecule has 2 heterocycles. The van der Waals surface area contributed by atoms with Crippen molar-refractivity contribution in [2.24, 2.45) is 10.1 Å². The van der Waals surface area contributed by atoms with Gasteiger partial charge in [-0.05, 0) is 41.8 Å². The molecule has 0 fully saturated rings. The molecule has 1 N–H and O–H groups in total. The van der Waals surface area contributed by atoms with Gasteiger partial charge in [-0.2, -0.15) is 5.10 Å². The van der Waals surface area contributed by atoms with Gasteiger partial charge in [-0.3, -0.25) is 5.43 Å². The van der Waals surface area contributed by atoms with Crippen molar-refractivity contribution < 1.29 is 0 Å². The number of benzene rings is 2. The van der Waals surface area contributed by atoms with Gasteiger partial charge in [-0.15, -0.1) is 11.3 Å². The van der Waals surface area contributed by atoms with E-state index >= 15 is 0 Å². The number of nitrogens with one attached hydrogen (secondary N) is 1. The van der Waals surface area contributed by atoms with E-state index < -0.39 is 0 Å². The van der Waals surface area contributed by atoms with Crippen LogP contribution in [0.3, 0.4) is 0 Å². The molecule has 1 aliphatic rings. The van der Waals surface area contributed by atoms with Crippen LogP contribution in [0.1, 0.15) is 16.0 Å². The van der Waals surface area contributed by atoms with Gasteiger partial charge < -0.3 is 0 Å². The molecule has 118 valence electrons. The van der Waals surface area contributed by atoms with Gasteiger partial charge in [0.2, 0.25) is 0 Å². The summed E-state index contributed by atoms with van der Waals surface area (Å²) in [5.41, 5.74) is 6.68. The molecule has 2 aromatic carbocycles. The molecule has 0 radical (unpaired) electrons. The van der Waals surface area contributed by atoms with E-state index in [1.165, 1.54) is 0 Å². The van der Waals surface area contributed by atoms with Gasteiger partial charge in [0.15, 0.2) is 5.84 Å². The maximum absolute atomic E-state index is 6.20. The molecular weight excluding hydrogens is 406 g/mol. The molecule has 0 spiro atoms. The summed E-state index contributed by atoms with van der Waals surface area (Å²) in [5, 5.41) is 7.30. The fraction of sp³-hybridized carbons (Fsp3) is 0. The molecule has 0 saturated carbocycles. The van der Waals surface area contributed by atoms with E-state index in [9.17, 15) is 0 Å². The SMILES string of the molecule is Clc1ccc2c(c1)C(c1cccs1)=NNC(c1ccc(Br)cc1)=N2. The van der Waals surface area contributed by atoms with Crippen molar-refractivity contribution >= 4 is 56.1 Å². The standard InChI is InChI=1S/C18H11BrClN3S/c19-12-5-3-11(4-6-12)18-21-15-8-7-13(20)10-14(15)17(22-23-18)16-2-1-9-24-16/h1-10H,(H,21,23). The minimum Gasteiger partial charge on any atom is -0.260 e. The zero-order chi connectivity index (χ0) is 16.5. The first-order chi connectivity index (χ1) is 11.7. The highest BCUT2D eigenvalue weighted by Crippen LogP contribution is 2.29. The second-order valence-electron chi connectivity index (χ2n) is 5.18. The van der Waals surface area contributed by atoms with Crippen molar-refractivity contribution in [1.82, 2.24) is 5.43 Å². The van der Waals surface area contributed by atoms with Crippen molar-refractivity contribution in [3.8, 4) is 0 Å². The lowest BCUT2D eigenvalue weighted by Crippen LogP contribution is -2.19. The smallest absolute Gasteiger partial charge is 0.154 e. The van der Waals surface area contributed by atoms with Crippen molar-refractivity contribution in [1.29, 1.82) is 0 Å². The van der Waals surface area contributed by atoms with Crippen LogP contribution in [0.2, 0.25) is 5.02 Å². The molecule has 0 bridgehead atoms. The Morgan fingerprint density at radius 1 is 1.04 bits per heavy atom. The fourth-order valence-corrected chi connectivity index (χ4v) is 3.61. The van der Waals surface area contributed by atoms with Crippen LogP contribution < -0.4 is 5.43 Å². The number of fused-ring (bicyclic) bond motifs is 1. The Kier molecular flexibility index (Phi) is 4.22. The first-order valence-corrected chi connectivity index (χ1v) is 9.28. The Labute approximate surface area is 156 Å². The first-order valence-electron chi connectivity index (χ1n) is 7.23. The number of hydrogen-bond donors (Lipinski definition) is 1. The van der Waals surface area contributed by atoms with Crippen LogP contribution in [-0.2, 0) is 0 Å². The van der Waals surface area contributed by atoms with E-state index in [2.05, 4.69) is 26.5 Å². The van der Waals surface area contributed by atoms with E-state index in [-0.39, 0.29) is 0 Å². The van der Waals surface area contributed by atoms with Crippen LogP contribution in [0, 0.1) is 0 Å². The summed E-state index contributed by atoms with van der Waals surface area (Å²) in [6.45, 7) is 0. The summed E-state index contributed by atoms with van der Waals surface area (Å²) < 4.78 is 1.02. The van der Waals surface area contributed by atoms with Crippen LogP contribution >= 0.6 is 38.9 Å². The molecule has 3 aromatic rings. The third kappa shape index (κ3) is 3.02. The molecule has 6 heteroatoms. The highest BCUT2D eigenvalue weighted by molar-refractivity contribution is 9.10. The van der Waals surface area contributed by atoms with Crippen LogP contribution in [0.5, 0.6) is 0 Å². The van der Waals surface area contributed by atoms with Gasteiger partial charge in [0, 0.05) is 20.6 Å². The number of thiophene rings is 1. The van der Waals surface area contributed by atoms with Crippen LogP contribution in [0.15, 0.2) is 74.5 Å². The average Bonchev–Trinajstić information content (AvgIpc) is 3.04. The molecule has 0 aliphatic carbocycles. The van der Waals surface area contributed by atoms with E-state index in [1.54, 1.807) is 11.3 Å². The Balaban J connectivity index is 1.87. The molecule has 3 nitrogen and oxygen atoms in total. The Morgan fingerprint density at radius 3 is 2.62 bits per heavy atom. The average molecular weight is 417 g/mol. The topological polar surface area (TPSA) is 36.8 Å². The number of hydrazone groups is 1. The van der Waals surface area contributed by atoms with Crippen LogP contribution in [-0.4, -0.2) is 11.5 Å². The molecule has 4 rings (SSSR count). The lowest BCUT2D eigenvalue weighted by molar-refractivity contribution is 1.03. The summed E-state index contributed by atoms with van der Waals surface area (Å²) in [6.07, 6.45) is 0. The summed E-state index contributed by atoms with van der Waals surface area (Å²) in [5.74, 6) is 0.706. The second kappa shape index (κ2) is 6.51. The lowest BCUT2D eigenvalue weighted by Gasteiger charge is -2.05. The molecular formula is C18H11BrClN3S.